The minimum absolute atomic E-state index is 0.00132. The van der Waals surface area contributed by atoms with Gasteiger partial charge in [-0.15, -0.1) is 0 Å². The third-order valence-corrected chi connectivity index (χ3v) is 10.4. The van der Waals surface area contributed by atoms with Gasteiger partial charge in [-0.1, -0.05) is 63.1 Å². The van der Waals surface area contributed by atoms with E-state index in [-0.39, 0.29) is 12.1 Å². The highest BCUT2D eigenvalue weighted by Gasteiger charge is 2.59. The first-order valence-electron chi connectivity index (χ1n) is 13.9. The Labute approximate surface area is 203 Å². The summed E-state index contributed by atoms with van der Waals surface area (Å²) in [5, 5.41) is 0. The van der Waals surface area contributed by atoms with Crippen molar-refractivity contribution in [1.82, 2.24) is 0 Å². The summed E-state index contributed by atoms with van der Waals surface area (Å²) < 4.78 is 5.84. The molecular formula is C31H48O2. The van der Waals surface area contributed by atoms with Crippen LogP contribution in [0.3, 0.4) is 0 Å². The van der Waals surface area contributed by atoms with Crippen LogP contribution in [0.25, 0.3) is 0 Å². The van der Waals surface area contributed by atoms with Gasteiger partial charge in [-0.05, 0) is 106 Å². The maximum absolute atomic E-state index is 12.1. The van der Waals surface area contributed by atoms with Crippen LogP contribution in [0.15, 0.2) is 35.5 Å². The van der Waals surface area contributed by atoms with E-state index in [2.05, 4.69) is 58.9 Å². The molecule has 0 spiro atoms. The molecule has 184 valence electrons. The second kappa shape index (κ2) is 9.74. The molecule has 1 unspecified atom stereocenters. The van der Waals surface area contributed by atoms with Gasteiger partial charge in [-0.2, -0.15) is 0 Å². The average molecular weight is 453 g/mol. The molecule has 0 aromatic heterocycles. The van der Waals surface area contributed by atoms with Crippen LogP contribution in [0.2, 0.25) is 0 Å². The fourth-order valence-corrected chi connectivity index (χ4v) is 8.64. The molecule has 0 radical (unpaired) electrons. The third kappa shape index (κ3) is 4.65. The molecular weight excluding hydrogens is 404 g/mol. The summed E-state index contributed by atoms with van der Waals surface area (Å²) in [6, 6.07) is 0. The van der Waals surface area contributed by atoms with E-state index < -0.39 is 0 Å². The monoisotopic (exact) mass is 452 g/mol. The van der Waals surface area contributed by atoms with E-state index in [1.165, 1.54) is 44.1 Å². The molecule has 0 aromatic rings. The highest BCUT2D eigenvalue weighted by atomic mass is 16.5. The highest BCUT2D eigenvalue weighted by molar-refractivity contribution is 5.69. The SMILES string of the molecule is CCCC(=O)O[C@H]1CC[C@@]2(C)C(=CC[C@@H]3C2CC[C@]2(C)[C@@H]([C@H](C)/C=C\C=C(C)C)CC[C@@H]32)C1. The summed E-state index contributed by atoms with van der Waals surface area (Å²) in [5.74, 6) is 4.01. The van der Waals surface area contributed by atoms with Crippen molar-refractivity contribution in [3.63, 3.8) is 0 Å². The predicted octanol–water partition coefficient (Wildman–Crippen LogP) is 8.44. The molecule has 2 nitrogen and oxygen atoms in total. The Morgan fingerprint density at radius 3 is 2.67 bits per heavy atom. The largest absolute Gasteiger partial charge is 0.462 e. The van der Waals surface area contributed by atoms with Gasteiger partial charge in [-0.3, -0.25) is 4.79 Å². The average Bonchev–Trinajstić information content (AvgIpc) is 3.11. The molecule has 0 aromatic carbocycles. The van der Waals surface area contributed by atoms with Crippen LogP contribution in [-0.4, -0.2) is 12.1 Å². The molecule has 4 aliphatic rings. The van der Waals surface area contributed by atoms with Crippen molar-refractivity contribution in [3.05, 3.63) is 35.5 Å². The lowest BCUT2D eigenvalue weighted by Crippen LogP contribution is -2.51. The standard InChI is InChI=1S/C31H48O2/c1-7-9-29(32)33-24-16-18-30(5)23(20-24)12-13-25-27-15-14-26(22(4)11-8-10-21(2)3)31(27,6)19-17-28(25)30/h8,10-12,22,24-28H,7,9,13-20H2,1-6H3/b11-8-/t22-,24+,25+,26-,27+,28?,30+,31-/m1/s1. The zero-order valence-electron chi connectivity index (χ0n) is 22.2. The minimum Gasteiger partial charge on any atom is -0.462 e. The molecule has 0 saturated heterocycles. The van der Waals surface area contributed by atoms with E-state index in [9.17, 15) is 4.79 Å². The summed E-state index contributed by atoms with van der Waals surface area (Å²) in [6.45, 7) is 14.1. The lowest BCUT2D eigenvalue weighted by atomic mass is 9.47. The van der Waals surface area contributed by atoms with Crippen molar-refractivity contribution in [2.75, 3.05) is 0 Å². The molecule has 0 amide bonds. The zero-order chi connectivity index (χ0) is 23.8. The van der Waals surface area contributed by atoms with Crippen LogP contribution in [-0.2, 0) is 9.53 Å². The number of hydrogen-bond acceptors (Lipinski definition) is 2. The van der Waals surface area contributed by atoms with Crippen molar-refractivity contribution in [3.8, 4) is 0 Å². The third-order valence-electron chi connectivity index (χ3n) is 10.4. The summed E-state index contributed by atoms with van der Waals surface area (Å²) in [4.78, 5) is 12.1. The van der Waals surface area contributed by atoms with E-state index in [4.69, 9.17) is 4.74 Å². The van der Waals surface area contributed by atoms with Crippen molar-refractivity contribution in [1.29, 1.82) is 0 Å². The molecule has 33 heavy (non-hydrogen) atoms. The van der Waals surface area contributed by atoms with Crippen LogP contribution < -0.4 is 0 Å². The van der Waals surface area contributed by atoms with E-state index in [1.807, 2.05) is 6.92 Å². The van der Waals surface area contributed by atoms with E-state index >= 15 is 0 Å². The Bertz CT molecular complexity index is 815. The Kier molecular flexibility index (Phi) is 7.32. The number of ether oxygens (including phenoxy) is 1. The summed E-state index contributed by atoms with van der Waals surface area (Å²) in [7, 11) is 0. The number of allylic oxidation sites excluding steroid dienone is 5. The van der Waals surface area contributed by atoms with Crippen molar-refractivity contribution >= 4 is 5.97 Å². The van der Waals surface area contributed by atoms with Gasteiger partial charge in [0, 0.05) is 12.8 Å². The molecule has 0 N–H and O–H groups in total. The molecule has 3 fully saturated rings. The molecule has 0 bridgehead atoms. The number of esters is 1. The molecule has 4 aliphatic carbocycles. The fourth-order valence-electron chi connectivity index (χ4n) is 8.64. The Morgan fingerprint density at radius 1 is 1.15 bits per heavy atom. The number of rotatable bonds is 6. The Hall–Kier alpha value is -1.31. The normalized spacial score (nSPS) is 40.9. The van der Waals surface area contributed by atoms with Gasteiger partial charge in [-0.25, -0.2) is 0 Å². The van der Waals surface area contributed by atoms with Crippen molar-refractivity contribution in [2.24, 2.45) is 40.4 Å². The first kappa shape index (κ1) is 24.8. The smallest absolute Gasteiger partial charge is 0.306 e. The molecule has 8 atom stereocenters. The fraction of sp³-hybridized carbons (Fsp3) is 0.774. The topological polar surface area (TPSA) is 26.3 Å². The Morgan fingerprint density at radius 2 is 1.94 bits per heavy atom. The maximum atomic E-state index is 12.1. The van der Waals surface area contributed by atoms with Crippen LogP contribution in [0.5, 0.6) is 0 Å². The lowest BCUT2D eigenvalue weighted by Gasteiger charge is -2.58. The zero-order valence-corrected chi connectivity index (χ0v) is 22.2. The van der Waals surface area contributed by atoms with Gasteiger partial charge >= 0.3 is 5.97 Å². The van der Waals surface area contributed by atoms with Crippen LogP contribution in [0.4, 0.5) is 0 Å². The van der Waals surface area contributed by atoms with Crippen LogP contribution in [0, 0.1) is 40.4 Å². The van der Waals surface area contributed by atoms with Gasteiger partial charge in [0.15, 0.2) is 0 Å². The first-order valence-corrected chi connectivity index (χ1v) is 13.9. The summed E-state index contributed by atoms with van der Waals surface area (Å²) in [5.41, 5.74) is 3.80. The summed E-state index contributed by atoms with van der Waals surface area (Å²) in [6.07, 6.45) is 21.2. The van der Waals surface area contributed by atoms with Crippen molar-refractivity contribution in [2.45, 2.75) is 112 Å². The molecule has 0 heterocycles. The lowest BCUT2D eigenvalue weighted by molar-refractivity contribution is -0.151. The van der Waals surface area contributed by atoms with Crippen molar-refractivity contribution < 1.29 is 9.53 Å². The quantitative estimate of drug-likeness (QED) is 0.229. The van der Waals surface area contributed by atoms with Gasteiger partial charge < -0.3 is 4.74 Å². The van der Waals surface area contributed by atoms with E-state index in [0.717, 1.165) is 42.9 Å². The second-order valence-corrected chi connectivity index (χ2v) is 12.6. The second-order valence-electron chi connectivity index (χ2n) is 12.6. The first-order chi connectivity index (χ1) is 15.7. The summed E-state index contributed by atoms with van der Waals surface area (Å²) >= 11 is 0. The number of fused-ring (bicyclic) bond motifs is 5. The number of hydrogen-bond donors (Lipinski definition) is 0. The molecule has 2 heteroatoms. The minimum atomic E-state index is -0.00132. The maximum Gasteiger partial charge on any atom is 0.306 e. The molecule has 3 saturated carbocycles. The number of carbonyl (C=O) groups is 1. The predicted molar refractivity (Wildman–Crippen MR) is 138 cm³/mol. The van der Waals surface area contributed by atoms with Gasteiger partial charge in [0.25, 0.3) is 0 Å². The highest BCUT2D eigenvalue weighted by Crippen LogP contribution is 2.67. The Balaban J connectivity index is 1.48. The van der Waals surface area contributed by atoms with Gasteiger partial charge in [0.05, 0.1) is 0 Å². The van der Waals surface area contributed by atoms with Crippen LogP contribution in [0.1, 0.15) is 106 Å². The van der Waals surface area contributed by atoms with Gasteiger partial charge in [0.2, 0.25) is 0 Å². The van der Waals surface area contributed by atoms with E-state index in [1.54, 1.807) is 5.57 Å². The van der Waals surface area contributed by atoms with E-state index in [0.29, 0.717) is 23.2 Å². The molecule has 0 aliphatic heterocycles. The number of carbonyl (C=O) groups excluding carboxylic acids is 1. The molecule has 4 rings (SSSR count). The van der Waals surface area contributed by atoms with Gasteiger partial charge in [0.1, 0.15) is 6.10 Å². The van der Waals surface area contributed by atoms with Crippen LogP contribution >= 0.6 is 0 Å².